The second kappa shape index (κ2) is 6.22. The van der Waals surface area contributed by atoms with Crippen molar-refractivity contribution in [2.24, 2.45) is 5.11 Å². The minimum atomic E-state index is -0.480. The van der Waals surface area contributed by atoms with Gasteiger partial charge in [-0.3, -0.25) is 4.79 Å². The molecule has 0 bridgehead atoms. The van der Waals surface area contributed by atoms with E-state index in [0.29, 0.717) is 6.61 Å². The molecule has 0 aliphatic carbocycles. The van der Waals surface area contributed by atoms with Crippen LogP contribution >= 0.6 is 0 Å². The van der Waals surface area contributed by atoms with Crippen LogP contribution in [0, 0.1) is 0 Å². The molecule has 1 aromatic rings. The third-order valence-electron chi connectivity index (χ3n) is 3.04. The lowest BCUT2D eigenvalue weighted by molar-refractivity contribution is -0.164. The fraction of sp³-hybridized carbons (Fsp3) is 0.462. The van der Waals surface area contributed by atoms with Gasteiger partial charge < -0.3 is 9.47 Å². The molecule has 0 amide bonds. The summed E-state index contributed by atoms with van der Waals surface area (Å²) >= 11 is 0. The Morgan fingerprint density at radius 1 is 1.47 bits per heavy atom. The van der Waals surface area contributed by atoms with Gasteiger partial charge in [0, 0.05) is 4.91 Å². The van der Waals surface area contributed by atoms with E-state index in [4.69, 9.17) is 15.0 Å². The molecule has 6 heteroatoms. The molecular formula is C13H15N3O3. The van der Waals surface area contributed by atoms with Crippen LogP contribution in [0.25, 0.3) is 10.4 Å². The molecule has 1 aliphatic heterocycles. The zero-order valence-electron chi connectivity index (χ0n) is 10.6. The molecule has 2 rings (SSSR count). The van der Waals surface area contributed by atoms with Crippen LogP contribution in [0.1, 0.15) is 18.9 Å². The highest BCUT2D eigenvalue weighted by Crippen LogP contribution is 2.22. The molecule has 0 unspecified atom stereocenters. The standard InChI is InChI=1S/C13H15N3O3/c1-9-13(15-16-14)11(7-12(17)19-9)18-8-10-5-3-2-4-6-10/h2-6,9,11,13H,7-8H2,1H3/t9-,11-,13+/m0/s1. The Balaban J connectivity index is 2.03. The molecule has 0 radical (unpaired) electrons. The van der Waals surface area contributed by atoms with Crippen LogP contribution in [-0.2, 0) is 20.9 Å². The van der Waals surface area contributed by atoms with Gasteiger partial charge in [-0.05, 0) is 18.0 Å². The van der Waals surface area contributed by atoms with E-state index in [1.54, 1.807) is 6.92 Å². The summed E-state index contributed by atoms with van der Waals surface area (Å²) in [6, 6.07) is 9.15. The number of rotatable bonds is 4. The van der Waals surface area contributed by atoms with Crippen molar-refractivity contribution in [1.29, 1.82) is 0 Å². The van der Waals surface area contributed by atoms with Gasteiger partial charge in [0.15, 0.2) is 0 Å². The predicted molar refractivity (Wildman–Crippen MR) is 68.1 cm³/mol. The molecule has 1 heterocycles. The Morgan fingerprint density at radius 3 is 2.89 bits per heavy atom. The minimum Gasteiger partial charge on any atom is -0.462 e. The fourth-order valence-electron chi connectivity index (χ4n) is 2.08. The predicted octanol–water partition coefficient (Wildman–Crippen LogP) is 2.59. The molecule has 1 aromatic carbocycles. The maximum Gasteiger partial charge on any atom is 0.308 e. The molecule has 1 aliphatic rings. The summed E-state index contributed by atoms with van der Waals surface area (Å²) in [6.07, 6.45) is -0.786. The quantitative estimate of drug-likeness (QED) is 0.361. The van der Waals surface area contributed by atoms with E-state index >= 15 is 0 Å². The lowest BCUT2D eigenvalue weighted by Crippen LogP contribution is -2.45. The number of carbonyl (C=O) groups is 1. The molecule has 0 N–H and O–H groups in total. The van der Waals surface area contributed by atoms with Gasteiger partial charge in [-0.1, -0.05) is 35.4 Å². The van der Waals surface area contributed by atoms with Crippen molar-refractivity contribution < 1.29 is 14.3 Å². The van der Waals surface area contributed by atoms with E-state index in [2.05, 4.69) is 10.0 Å². The molecule has 0 aromatic heterocycles. The highest BCUT2D eigenvalue weighted by atomic mass is 16.6. The number of nitrogens with zero attached hydrogens (tertiary/aromatic N) is 3. The van der Waals surface area contributed by atoms with Gasteiger partial charge in [-0.2, -0.15) is 0 Å². The van der Waals surface area contributed by atoms with Gasteiger partial charge in [0.2, 0.25) is 0 Å². The van der Waals surface area contributed by atoms with E-state index in [9.17, 15) is 4.79 Å². The average molecular weight is 261 g/mol. The first-order chi connectivity index (χ1) is 9.20. The number of benzene rings is 1. The highest BCUT2D eigenvalue weighted by molar-refractivity contribution is 5.71. The van der Waals surface area contributed by atoms with Crippen molar-refractivity contribution in [1.82, 2.24) is 0 Å². The Kier molecular flexibility index (Phi) is 4.39. The van der Waals surface area contributed by atoms with Crippen LogP contribution in [0.3, 0.4) is 0 Å². The van der Waals surface area contributed by atoms with Gasteiger partial charge in [-0.15, -0.1) is 0 Å². The van der Waals surface area contributed by atoms with Crippen LogP contribution in [0.4, 0.5) is 0 Å². The summed E-state index contributed by atoms with van der Waals surface area (Å²) in [5.41, 5.74) is 9.58. The number of hydrogen-bond donors (Lipinski definition) is 0. The van der Waals surface area contributed by atoms with E-state index in [0.717, 1.165) is 5.56 Å². The van der Waals surface area contributed by atoms with Gasteiger partial charge in [0.1, 0.15) is 12.1 Å². The molecule has 1 fully saturated rings. The van der Waals surface area contributed by atoms with Crippen LogP contribution in [0.15, 0.2) is 35.4 Å². The van der Waals surface area contributed by atoms with Crippen LogP contribution in [-0.4, -0.2) is 24.2 Å². The number of carbonyl (C=O) groups excluding carboxylic acids is 1. The minimum absolute atomic E-state index is 0.112. The van der Waals surface area contributed by atoms with E-state index in [-0.39, 0.29) is 12.4 Å². The number of cyclic esters (lactones) is 1. The number of ether oxygens (including phenoxy) is 2. The number of azide groups is 1. The molecule has 19 heavy (non-hydrogen) atoms. The largest absolute Gasteiger partial charge is 0.462 e. The molecule has 0 saturated carbocycles. The normalized spacial score (nSPS) is 26.4. The Hall–Kier alpha value is -2.04. The third-order valence-corrected chi connectivity index (χ3v) is 3.04. The van der Waals surface area contributed by atoms with Gasteiger partial charge in [0.25, 0.3) is 0 Å². The molecule has 3 atom stereocenters. The van der Waals surface area contributed by atoms with E-state index in [1.165, 1.54) is 0 Å². The summed E-state index contributed by atoms with van der Waals surface area (Å²) in [6.45, 7) is 2.08. The Labute approximate surface area is 111 Å². The average Bonchev–Trinajstić information content (AvgIpc) is 2.41. The van der Waals surface area contributed by atoms with Crippen molar-refractivity contribution in [2.45, 2.75) is 38.2 Å². The summed E-state index contributed by atoms with van der Waals surface area (Å²) in [5, 5.41) is 3.67. The summed E-state index contributed by atoms with van der Waals surface area (Å²) < 4.78 is 10.8. The van der Waals surface area contributed by atoms with Crippen molar-refractivity contribution in [3.05, 3.63) is 46.3 Å². The summed E-state index contributed by atoms with van der Waals surface area (Å²) in [4.78, 5) is 14.2. The second-order valence-electron chi connectivity index (χ2n) is 4.43. The van der Waals surface area contributed by atoms with Crippen molar-refractivity contribution in [3.63, 3.8) is 0 Å². The SMILES string of the molecule is C[C@@H]1OC(=O)C[C@H](OCc2ccccc2)[C@@H]1N=[N+]=[N-]. The lowest BCUT2D eigenvalue weighted by atomic mass is 10.0. The first-order valence-electron chi connectivity index (χ1n) is 6.10. The molecular weight excluding hydrogens is 246 g/mol. The van der Waals surface area contributed by atoms with Crippen LogP contribution < -0.4 is 0 Å². The number of esters is 1. The van der Waals surface area contributed by atoms with E-state index < -0.39 is 18.2 Å². The molecule has 6 nitrogen and oxygen atoms in total. The topological polar surface area (TPSA) is 84.3 Å². The van der Waals surface area contributed by atoms with Gasteiger partial charge in [0.05, 0.1) is 19.1 Å². The van der Waals surface area contributed by atoms with Crippen molar-refractivity contribution in [3.8, 4) is 0 Å². The lowest BCUT2D eigenvalue weighted by Gasteiger charge is -2.32. The van der Waals surface area contributed by atoms with Crippen LogP contribution in [0.5, 0.6) is 0 Å². The monoisotopic (exact) mass is 261 g/mol. The first kappa shape index (κ1) is 13.4. The van der Waals surface area contributed by atoms with Crippen LogP contribution in [0.2, 0.25) is 0 Å². The summed E-state index contributed by atoms with van der Waals surface area (Å²) in [7, 11) is 0. The third kappa shape index (κ3) is 3.47. The van der Waals surface area contributed by atoms with E-state index in [1.807, 2.05) is 30.3 Å². The first-order valence-corrected chi connectivity index (χ1v) is 6.10. The number of hydrogen-bond acceptors (Lipinski definition) is 4. The Bertz CT molecular complexity index is 485. The van der Waals surface area contributed by atoms with Gasteiger partial charge >= 0.3 is 5.97 Å². The maximum atomic E-state index is 11.4. The maximum absolute atomic E-state index is 11.4. The zero-order valence-corrected chi connectivity index (χ0v) is 10.6. The van der Waals surface area contributed by atoms with Gasteiger partial charge in [-0.25, -0.2) is 0 Å². The highest BCUT2D eigenvalue weighted by Gasteiger charge is 2.36. The summed E-state index contributed by atoms with van der Waals surface area (Å²) in [5.74, 6) is -0.324. The van der Waals surface area contributed by atoms with Crippen molar-refractivity contribution >= 4 is 5.97 Å². The molecule has 0 spiro atoms. The fourth-order valence-corrected chi connectivity index (χ4v) is 2.08. The van der Waals surface area contributed by atoms with Crippen molar-refractivity contribution in [2.75, 3.05) is 0 Å². The second-order valence-corrected chi connectivity index (χ2v) is 4.43. The zero-order chi connectivity index (χ0) is 13.7. The molecule has 100 valence electrons. The smallest absolute Gasteiger partial charge is 0.308 e. The molecule has 1 saturated heterocycles. The Morgan fingerprint density at radius 2 is 2.21 bits per heavy atom.